The van der Waals surface area contributed by atoms with E-state index in [4.69, 9.17) is 0 Å². The van der Waals surface area contributed by atoms with E-state index in [-0.39, 0.29) is 5.41 Å². The minimum absolute atomic E-state index is 0.126. The molecule has 1 unspecified atom stereocenters. The zero-order chi connectivity index (χ0) is 15.6. The number of hydrogen-bond donors (Lipinski definition) is 1. The zero-order valence-electron chi connectivity index (χ0n) is 13.7. The lowest BCUT2D eigenvalue weighted by Gasteiger charge is -2.25. The average Bonchev–Trinajstić information content (AvgIpc) is 2.35. The van der Waals surface area contributed by atoms with E-state index >= 15 is 0 Å². The van der Waals surface area contributed by atoms with Crippen molar-refractivity contribution in [1.82, 2.24) is 0 Å². The van der Waals surface area contributed by atoms with Crippen molar-refractivity contribution in [2.75, 3.05) is 0 Å². The van der Waals surface area contributed by atoms with Crippen molar-refractivity contribution in [2.45, 2.75) is 66.2 Å². The van der Waals surface area contributed by atoms with Gasteiger partial charge >= 0.3 is 5.97 Å². The van der Waals surface area contributed by atoms with Crippen LogP contribution in [0.5, 0.6) is 0 Å². The van der Waals surface area contributed by atoms with Gasteiger partial charge in [-0.1, -0.05) is 45.9 Å². The predicted octanol–water partition coefficient (Wildman–Crippen LogP) is 4.73. The molecule has 0 saturated heterocycles. The maximum atomic E-state index is 11.4. The monoisotopic (exact) mass is 276 g/mol. The summed E-state index contributed by atoms with van der Waals surface area (Å²) < 4.78 is 0. The standard InChI is InChI=1S/C18H28O2/c1-7-18(6,16(19)20)11-10-14-9-8-13(2)15(12-14)17(3,4)5/h8-9,12H,7,10-11H2,1-6H3,(H,19,20). The molecule has 20 heavy (non-hydrogen) atoms. The fraction of sp³-hybridized carbons (Fsp3) is 0.611. The molecule has 0 radical (unpaired) electrons. The second-order valence-corrected chi connectivity index (χ2v) is 7.12. The zero-order valence-corrected chi connectivity index (χ0v) is 13.7. The summed E-state index contributed by atoms with van der Waals surface area (Å²) in [5.74, 6) is -0.692. The lowest BCUT2D eigenvalue weighted by Crippen LogP contribution is -2.27. The van der Waals surface area contributed by atoms with E-state index < -0.39 is 11.4 Å². The molecule has 0 aliphatic heterocycles. The number of carbonyl (C=O) groups is 1. The van der Waals surface area contributed by atoms with E-state index in [9.17, 15) is 9.90 Å². The highest BCUT2D eigenvalue weighted by atomic mass is 16.4. The summed E-state index contributed by atoms with van der Waals surface area (Å²) in [6.45, 7) is 12.6. The van der Waals surface area contributed by atoms with Gasteiger partial charge in [-0.2, -0.15) is 0 Å². The molecule has 2 nitrogen and oxygen atoms in total. The average molecular weight is 276 g/mol. The van der Waals surface area contributed by atoms with Crippen molar-refractivity contribution in [3.8, 4) is 0 Å². The van der Waals surface area contributed by atoms with Crippen molar-refractivity contribution < 1.29 is 9.90 Å². The Morgan fingerprint density at radius 2 is 1.80 bits per heavy atom. The third kappa shape index (κ3) is 3.84. The van der Waals surface area contributed by atoms with Gasteiger partial charge in [-0.3, -0.25) is 4.79 Å². The summed E-state index contributed by atoms with van der Waals surface area (Å²) in [7, 11) is 0. The van der Waals surface area contributed by atoms with Crippen LogP contribution >= 0.6 is 0 Å². The normalized spacial score (nSPS) is 14.9. The van der Waals surface area contributed by atoms with Gasteiger partial charge in [-0.05, 0) is 55.2 Å². The molecule has 2 heteroatoms. The largest absolute Gasteiger partial charge is 0.481 e. The Labute approximate surface area is 123 Å². The Morgan fingerprint density at radius 3 is 2.25 bits per heavy atom. The first-order chi connectivity index (χ1) is 9.10. The minimum atomic E-state index is -0.692. The Bertz CT molecular complexity index is 483. The summed E-state index contributed by atoms with van der Waals surface area (Å²) in [5.41, 5.74) is 3.40. The molecule has 1 rings (SSSR count). The van der Waals surface area contributed by atoms with Crippen molar-refractivity contribution in [1.29, 1.82) is 0 Å². The van der Waals surface area contributed by atoms with E-state index in [1.165, 1.54) is 16.7 Å². The first-order valence-corrected chi connectivity index (χ1v) is 7.43. The van der Waals surface area contributed by atoms with Crippen LogP contribution in [0.15, 0.2) is 18.2 Å². The van der Waals surface area contributed by atoms with Gasteiger partial charge < -0.3 is 5.11 Å². The van der Waals surface area contributed by atoms with E-state index in [0.29, 0.717) is 12.8 Å². The van der Waals surface area contributed by atoms with Crippen LogP contribution < -0.4 is 0 Å². The van der Waals surface area contributed by atoms with Crippen LogP contribution in [-0.2, 0) is 16.6 Å². The smallest absolute Gasteiger partial charge is 0.309 e. The Balaban J connectivity index is 2.93. The van der Waals surface area contributed by atoms with Crippen LogP contribution in [0, 0.1) is 12.3 Å². The highest BCUT2D eigenvalue weighted by Gasteiger charge is 2.30. The summed E-state index contributed by atoms with van der Waals surface area (Å²) >= 11 is 0. The number of aryl methyl sites for hydroxylation is 2. The van der Waals surface area contributed by atoms with Gasteiger partial charge in [0.05, 0.1) is 5.41 Å². The topological polar surface area (TPSA) is 37.3 Å². The Morgan fingerprint density at radius 1 is 1.20 bits per heavy atom. The highest BCUT2D eigenvalue weighted by molar-refractivity contribution is 5.74. The second kappa shape index (κ2) is 5.99. The molecule has 0 heterocycles. The van der Waals surface area contributed by atoms with Gasteiger partial charge in [0.2, 0.25) is 0 Å². The third-order valence-electron chi connectivity index (χ3n) is 4.37. The van der Waals surface area contributed by atoms with E-state index in [1.54, 1.807) is 0 Å². The molecule has 0 aliphatic carbocycles. The molecule has 0 spiro atoms. The molecular formula is C18H28O2. The van der Waals surface area contributed by atoms with Gasteiger partial charge in [0, 0.05) is 0 Å². The van der Waals surface area contributed by atoms with Crippen LogP contribution in [0.2, 0.25) is 0 Å². The predicted molar refractivity (Wildman–Crippen MR) is 84.2 cm³/mol. The van der Waals surface area contributed by atoms with E-state index in [1.807, 2.05) is 13.8 Å². The fourth-order valence-corrected chi connectivity index (χ4v) is 2.49. The summed E-state index contributed by atoms with van der Waals surface area (Å²) in [5, 5.41) is 9.34. The fourth-order valence-electron chi connectivity index (χ4n) is 2.49. The summed E-state index contributed by atoms with van der Waals surface area (Å²) in [6, 6.07) is 6.52. The van der Waals surface area contributed by atoms with Crippen LogP contribution in [0.4, 0.5) is 0 Å². The minimum Gasteiger partial charge on any atom is -0.481 e. The number of carboxylic acid groups (broad SMARTS) is 1. The molecule has 112 valence electrons. The summed E-state index contributed by atoms with van der Waals surface area (Å²) in [6.07, 6.45) is 2.17. The van der Waals surface area contributed by atoms with Gasteiger partial charge in [0.15, 0.2) is 0 Å². The molecule has 0 aromatic heterocycles. The molecule has 0 saturated carbocycles. The molecule has 1 N–H and O–H groups in total. The third-order valence-corrected chi connectivity index (χ3v) is 4.37. The number of rotatable bonds is 5. The van der Waals surface area contributed by atoms with Gasteiger partial charge in [-0.15, -0.1) is 0 Å². The molecule has 0 bridgehead atoms. The number of benzene rings is 1. The van der Waals surface area contributed by atoms with Gasteiger partial charge in [0.1, 0.15) is 0 Å². The first-order valence-electron chi connectivity index (χ1n) is 7.43. The van der Waals surface area contributed by atoms with E-state index in [0.717, 1.165) is 6.42 Å². The van der Waals surface area contributed by atoms with Crippen LogP contribution in [0.1, 0.15) is 64.2 Å². The Hall–Kier alpha value is -1.31. The number of hydrogen-bond acceptors (Lipinski definition) is 1. The highest BCUT2D eigenvalue weighted by Crippen LogP contribution is 2.30. The van der Waals surface area contributed by atoms with Crippen LogP contribution in [0.3, 0.4) is 0 Å². The number of aliphatic carboxylic acids is 1. The molecular weight excluding hydrogens is 248 g/mol. The molecule has 1 aromatic carbocycles. The van der Waals surface area contributed by atoms with Crippen molar-refractivity contribution in [3.63, 3.8) is 0 Å². The maximum absolute atomic E-state index is 11.4. The number of carboxylic acids is 1. The quantitative estimate of drug-likeness (QED) is 0.844. The SMILES string of the molecule is CCC(C)(CCc1ccc(C)c(C(C)(C)C)c1)C(=O)O. The van der Waals surface area contributed by atoms with Gasteiger partial charge in [-0.25, -0.2) is 0 Å². The maximum Gasteiger partial charge on any atom is 0.309 e. The van der Waals surface area contributed by atoms with Crippen LogP contribution in [-0.4, -0.2) is 11.1 Å². The molecule has 1 atom stereocenters. The van der Waals surface area contributed by atoms with E-state index in [2.05, 4.69) is 45.9 Å². The summed E-state index contributed by atoms with van der Waals surface area (Å²) in [4.78, 5) is 11.4. The van der Waals surface area contributed by atoms with Crippen LogP contribution in [0.25, 0.3) is 0 Å². The first kappa shape index (κ1) is 16.7. The second-order valence-electron chi connectivity index (χ2n) is 7.12. The molecule has 0 fully saturated rings. The molecule has 0 amide bonds. The van der Waals surface area contributed by atoms with Crippen molar-refractivity contribution in [2.24, 2.45) is 5.41 Å². The Kier molecular flexibility index (Phi) is 5.01. The lowest BCUT2D eigenvalue weighted by molar-refractivity contribution is -0.148. The molecule has 1 aromatic rings. The van der Waals surface area contributed by atoms with Crippen molar-refractivity contribution in [3.05, 3.63) is 34.9 Å². The van der Waals surface area contributed by atoms with Crippen molar-refractivity contribution >= 4 is 5.97 Å². The lowest BCUT2D eigenvalue weighted by atomic mass is 9.80. The van der Waals surface area contributed by atoms with Gasteiger partial charge in [0.25, 0.3) is 0 Å². The molecule has 0 aliphatic rings.